The summed E-state index contributed by atoms with van der Waals surface area (Å²) in [6.07, 6.45) is 5.62. The number of rotatable bonds is 7. The zero-order valence-electron chi connectivity index (χ0n) is 22.4. The lowest BCUT2D eigenvalue weighted by Crippen LogP contribution is -2.33. The maximum Gasteiger partial charge on any atom is 0.397 e. The minimum absolute atomic E-state index is 0.106. The second-order valence-corrected chi connectivity index (χ2v) is 11.1. The molecule has 42 heavy (non-hydrogen) atoms. The van der Waals surface area contributed by atoms with Gasteiger partial charge in [0.25, 0.3) is 0 Å². The van der Waals surface area contributed by atoms with Gasteiger partial charge in [0.2, 0.25) is 0 Å². The van der Waals surface area contributed by atoms with E-state index in [2.05, 4.69) is 0 Å². The van der Waals surface area contributed by atoms with Gasteiger partial charge in [-0.25, -0.2) is 9.78 Å². The monoisotopic (exact) mass is 608 g/mol. The van der Waals surface area contributed by atoms with Crippen molar-refractivity contribution in [2.24, 2.45) is 5.41 Å². The van der Waals surface area contributed by atoms with Crippen LogP contribution in [0.5, 0.6) is 0 Å². The van der Waals surface area contributed by atoms with Gasteiger partial charge in [0.1, 0.15) is 5.82 Å². The first-order valence-electron chi connectivity index (χ1n) is 13.0. The van der Waals surface area contributed by atoms with Gasteiger partial charge < -0.3 is 9.67 Å². The van der Waals surface area contributed by atoms with E-state index >= 15 is 0 Å². The molecule has 1 unspecified atom stereocenters. The van der Waals surface area contributed by atoms with E-state index in [9.17, 15) is 23.1 Å². The smallest absolute Gasteiger partial charge is 0.397 e. The predicted octanol–water partition coefficient (Wildman–Crippen LogP) is 9.69. The summed E-state index contributed by atoms with van der Waals surface area (Å²) in [5.74, 6) is -0.346. The average Bonchev–Trinajstić information content (AvgIpc) is 3.34. The molecule has 1 atom stereocenters. The molecule has 0 spiro atoms. The van der Waals surface area contributed by atoms with Crippen LogP contribution in [0.2, 0.25) is 10.0 Å². The Kier molecular flexibility index (Phi) is 8.17. The largest absolute Gasteiger partial charge is 0.478 e. The zero-order chi connectivity index (χ0) is 30.1. The van der Waals surface area contributed by atoms with E-state index in [1.807, 2.05) is 47.2 Å². The van der Waals surface area contributed by atoms with E-state index in [4.69, 9.17) is 28.2 Å². The highest BCUT2D eigenvalue weighted by Gasteiger charge is 2.49. The van der Waals surface area contributed by atoms with Crippen LogP contribution in [-0.2, 0) is 6.54 Å². The normalized spacial score (nSPS) is 17.0. The highest BCUT2D eigenvalue weighted by molar-refractivity contribution is 6.36. The first-order chi connectivity index (χ1) is 19.9. The summed E-state index contributed by atoms with van der Waals surface area (Å²) in [4.78, 5) is 16.0. The summed E-state index contributed by atoms with van der Waals surface area (Å²) < 4.78 is 41.9. The average molecular weight is 609 g/mol. The lowest BCUT2D eigenvalue weighted by Gasteiger charge is -2.30. The van der Waals surface area contributed by atoms with Crippen molar-refractivity contribution in [3.05, 3.63) is 129 Å². The molecular weight excluding hydrogens is 584 g/mol. The van der Waals surface area contributed by atoms with Crippen molar-refractivity contribution in [1.82, 2.24) is 9.55 Å². The van der Waals surface area contributed by atoms with Crippen molar-refractivity contribution < 1.29 is 23.1 Å². The van der Waals surface area contributed by atoms with Crippen LogP contribution in [0.3, 0.4) is 0 Å². The standard InChI is InChI=1S/C33H25Cl2F3N2O2/c1-32(33(36,37)38)16-14-24(15-17-32)23-7-2-21(3-8-23)6-13-30-39-29(27-12-11-26(34)18-28(27)35)20-40(30)19-22-4-9-25(10-5-22)31(41)42/h2-16,18,20H,17,19H2,1H3,(H,41,42)/b13-6+. The van der Waals surface area contributed by atoms with Crippen LogP contribution in [0.4, 0.5) is 13.2 Å². The van der Waals surface area contributed by atoms with Crippen LogP contribution in [0.1, 0.15) is 46.2 Å². The van der Waals surface area contributed by atoms with Gasteiger partial charge in [0, 0.05) is 23.3 Å². The van der Waals surface area contributed by atoms with Crippen LogP contribution < -0.4 is 0 Å². The fourth-order valence-electron chi connectivity index (χ4n) is 4.58. The molecule has 0 bridgehead atoms. The molecule has 3 aromatic carbocycles. The van der Waals surface area contributed by atoms with Gasteiger partial charge in [-0.15, -0.1) is 0 Å². The van der Waals surface area contributed by atoms with Gasteiger partial charge in [-0.1, -0.05) is 83.9 Å². The molecule has 0 amide bonds. The quantitative estimate of drug-likeness (QED) is 0.227. The third-order valence-electron chi connectivity index (χ3n) is 7.26. The summed E-state index contributed by atoms with van der Waals surface area (Å²) in [6, 6.07) is 19.4. The molecule has 0 saturated heterocycles. The number of hydrogen-bond acceptors (Lipinski definition) is 2. The first kappa shape index (κ1) is 29.4. The van der Waals surface area contributed by atoms with Crippen molar-refractivity contribution >= 4 is 46.9 Å². The van der Waals surface area contributed by atoms with E-state index in [1.54, 1.807) is 48.5 Å². The van der Waals surface area contributed by atoms with Gasteiger partial charge in [0.15, 0.2) is 0 Å². The molecule has 5 rings (SSSR count). The number of aromatic nitrogens is 2. The molecule has 1 aliphatic carbocycles. The number of hydrogen-bond donors (Lipinski definition) is 1. The molecule has 0 aliphatic heterocycles. The minimum Gasteiger partial charge on any atom is -0.478 e. The van der Waals surface area contributed by atoms with Crippen molar-refractivity contribution in [1.29, 1.82) is 0 Å². The molecule has 1 aliphatic rings. The van der Waals surface area contributed by atoms with Crippen molar-refractivity contribution in [2.75, 3.05) is 0 Å². The van der Waals surface area contributed by atoms with E-state index in [0.717, 1.165) is 27.8 Å². The molecule has 4 aromatic rings. The molecule has 0 fully saturated rings. The third kappa shape index (κ3) is 6.37. The van der Waals surface area contributed by atoms with Crippen molar-refractivity contribution in [2.45, 2.75) is 26.1 Å². The summed E-state index contributed by atoms with van der Waals surface area (Å²) in [7, 11) is 0. The molecule has 1 aromatic heterocycles. The van der Waals surface area contributed by atoms with E-state index in [-0.39, 0.29) is 12.0 Å². The Balaban J connectivity index is 1.40. The van der Waals surface area contributed by atoms with Gasteiger partial charge >= 0.3 is 12.1 Å². The molecule has 214 valence electrons. The summed E-state index contributed by atoms with van der Waals surface area (Å²) >= 11 is 12.5. The predicted molar refractivity (Wildman–Crippen MR) is 161 cm³/mol. The van der Waals surface area contributed by atoms with Crippen LogP contribution in [0.15, 0.2) is 91.2 Å². The Morgan fingerprint density at radius 1 is 1.05 bits per heavy atom. The molecule has 0 saturated carbocycles. The molecule has 4 nitrogen and oxygen atoms in total. The number of carboxylic acids is 1. The SMILES string of the molecule is CC1(C(F)(F)F)C=CC(c2ccc(/C=C/c3nc(-c4ccc(Cl)cc4Cl)cn3Cc3ccc(C(=O)O)cc3)cc2)=CC1. The van der Waals surface area contributed by atoms with E-state index < -0.39 is 17.6 Å². The highest BCUT2D eigenvalue weighted by Crippen LogP contribution is 2.45. The number of carboxylic acid groups (broad SMARTS) is 1. The van der Waals surface area contributed by atoms with Crippen molar-refractivity contribution in [3.8, 4) is 11.3 Å². The fourth-order valence-corrected chi connectivity index (χ4v) is 5.09. The number of nitrogens with zero attached hydrogens (tertiary/aromatic N) is 2. The summed E-state index contributed by atoms with van der Waals surface area (Å²) in [5.41, 5.74) is 3.07. The zero-order valence-corrected chi connectivity index (χ0v) is 23.9. The summed E-state index contributed by atoms with van der Waals surface area (Å²) in [6.45, 7) is 1.64. The van der Waals surface area contributed by atoms with Crippen molar-refractivity contribution in [3.63, 3.8) is 0 Å². The molecular formula is C33H25Cl2F3N2O2. The number of carbonyl (C=O) groups is 1. The molecule has 9 heteroatoms. The molecule has 0 radical (unpaired) electrons. The number of alkyl halides is 3. The number of allylic oxidation sites excluding steroid dienone is 4. The van der Waals surface area contributed by atoms with E-state index in [1.165, 1.54) is 19.1 Å². The maximum absolute atomic E-state index is 13.3. The van der Waals surface area contributed by atoms with Crippen LogP contribution >= 0.6 is 23.2 Å². The number of imidazole rings is 1. The third-order valence-corrected chi connectivity index (χ3v) is 7.81. The van der Waals surface area contributed by atoms with Gasteiger partial charge in [-0.2, -0.15) is 13.2 Å². The van der Waals surface area contributed by atoms with Gasteiger partial charge in [0.05, 0.1) is 21.7 Å². The second kappa shape index (κ2) is 11.7. The fraction of sp³-hybridized carbons (Fsp3) is 0.152. The number of benzene rings is 3. The Morgan fingerprint density at radius 2 is 1.76 bits per heavy atom. The molecule has 1 heterocycles. The maximum atomic E-state index is 13.3. The second-order valence-electron chi connectivity index (χ2n) is 10.3. The lowest BCUT2D eigenvalue weighted by atomic mass is 9.80. The topological polar surface area (TPSA) is 55.1 Å². The molecule has 1 N–H and O–H groups in total. The van der Waals surface area contributed by atoms with E-state index in [0.29, 0.717) is 28.1 Å². The Bertz CT molecular complexity index is 1720. The van der Waals surface area contributed by atoms with Crippen LogP contribution in [0, 0.1) is 5.41 Å². The number of aromatic carboxylic acids is 1. The first-order valence-corrected chi connectivity index (χ1v) is 13.8. The minimum atomic E-state index is -4.30. The van der Waals surface area contributed by atoms with Gasteiger partial charge in [-0.05, 0) is 72.0 Å². The van der Waals surface area contributed by atoms with Crippen LogP contribution in [0.25, 0.3) is 29.0 Å². The lowest BCUT2D eigenvalue weighted by molar-refractivity contribution is -0.199. The van der Waals surface area contributed by atoms with Crippen LogP contribution in [-0.4, -0.2) is 26.8 Å². The summed E-state index contributed by atoms with van der Waals surface area (Å²) in [5, 5.41) is 10.2. The Labute approximate surface area is 251 Å². The van der Waals surface area contributed by atoms with Gasteiger partial charge in [-0.3, -0.25) is 0 Å². The highest BCUT2D eigenvalue weighted by atomic mass is 35.5. The Hall–Kier alpha value is -4.07. The Morgan fingerprint density at radius 3 is 2.36 bits per heavy atom. The number of halogens is 5.